The molecule has 2 aromatic rings. The van der Waals surface area contributed by atoms with Crippen LogP contribution in [0.2, 0.25) is 0 Å². The summed E-state index contributed by atoms with van der Waals surface area (Å²) in [5, 5.41) is 15.4. The topological polar surface area (TPSA) is 83.4 Å². The summed E-state index contributed by atoms with van der Waals surface area (Å²) in [5.41, 5.74) is 3.74. The third-order valence-electron chi connectivity index (χ3n) is 4.98. The Kier molecular flexibility index (Phi) is 6.02. The maximum absolute atomic E-state index is 12.2. The van der Waals surface area contributed by atoms with Gasteiger partial charge in [0.25, 0.3) is 0 Å². The predicted molar refractivity (Wildman–Crippen MR) is 115 cm³/mol. The molecule has 0 bridgehead atoms. The Labute approximate surface area is 177 Å². The Morgan fingerprint density at radius 1 is 1.10 bits per heavy atom. The fourth-order valence-electron chi connectivity index (χ4n) is 3.35. The van der Waals surface area contributed by atoms with E-state index in [1.165, 1.54) is 5.56 Å². The summed E-state index contributed by atoms with van der Waals surface area (Å²) in [6.45, 7) is 8.35. The Hall–Kier alpha value is -3.46. The number of hydrogen-bond donors (Lipinski definition) is 2. The lowest BCUT2D eigenvalue weighted by Gasteiger charge is -2.33. The van der Waals surface area contributed by atoms with Crippen LogP contribution in [0.1, 0.15) is 43.5 Å². The molecular weight excluding hydrogens is 378 g/mol. The van der Waals surface area contributed by atoms with Crippen molar-refractivity contribution < 1.29 is 14.3 Å². The van der Waals surface area contributed by atoms with Crippen molar-refractivity contribution in [2.45, 2.75) is 40.3 Å². The Balaban J connectivity index is 1.90. The molecule has 156 valence electrons. The highest BCUT2D eigenvalue weighted by atomic mass is 16.5. The Bertz CT molecular complexity index is 1010. The second-order valence-corrected chi connectivity index (χ2v) is 8.37. The first-order chi connectivity index (χ1) is 14.2. The number of urea groups is 1. The number of ether oxygens (including phenoxy) is 2. The van der Waals surface area contributed by atoms with Gasteiger partial charge in [-0.25, -0.2) is 4.79 Å². The molecule has 0 saturated heterocycles. The zero-order valence-electron chi connectivity index (χ0n) is 18.0. The SMILES string of the molecule is COc1cc([C@H]2NC(=O)NC(C(C)(C)C)=C2C#N)ccc1OCc1ccc(C)cc1. The zero-order chi connectivity index (χ0) is 21.9. The van der Waals surface area contributed by atoms with Crippen LogP contribution in [0.15, 0.2) is 53.7 Å². The molecule has 2 aromatic carbocycles. The molecule has 0 unspecified atom stereocenters. The highest BCUT2D eigenvalue weighted by Gasteiger charge is 2.34. The van der Waals surface area contributed by atoms with Gasteiger partial charge in [0.05, 0.1) is 24.8 Å². The number of nitriles is 1. The van der Waals surface area contributed by atoms with E-state index >= 15 is 0 Å². The van der Waals surface area contributed by atoms with E-state index in [0.29, 0.717) is 29.4 Å². The lowest BCUT2D eigenvalue weighted by Crippen LogP contribution is -2.46. The summed E-state index contributed by atoms with van der Waals surface area (Å²) in [6.07, 6.45) is 0. The molecule has 0 spiro atoms. The maximum Gasteiger partial charge on any atom is 0.319 e. The van der Waals surface area contributed by atoms with Gasteiger partial charge in [0.2, 0.25) is 0 Å². The van der Waals surface area contributed by atoms with Crippen molar-refractivity contribution in [1.82, 2.24) is 10.6 Å². The highest BCUT2D eigenvalue weighted by molar-refractivity contribution is 5.80. The number of rotatable bonds is 5. The van der Waals surface area contributed by atoms with Gasteiger partial charge in [-0.15, -0.1) is 0 Å². The third kappa shape index (κ3) is 4.57. The van der Waals surface area contributed by atoms with E-state index in [1.807, 2.05) is 64.1 Å². The molecule has 6 heteroatoms. The Morgan fingerprint density at radius 3 is 2.40 bits per heavy atom. The van der Waals surface area contributed by atoms with Crippen LogP contribution in [0.3, 0.4) is 0 Å². The molecule has 0 aromatic heterocycles. The van der Waals surface area contributed by atoms with Gasteiger partial charge in [0.15, 0.2) is 11.5 Å². The summed E-state index contributed by atoms with van der Waals surface area (Å²) in [4.78, 5) is 12.2. The number of nitrogens with one attached hydrogen (secondary N) is 2. The van der Waals surface area contributed by atoms with Crippen molar-refractivity contribution >= 4 is 6.03 Å². The van der Waals surface area contributed by atoms with Crippen molar-refractivity contribution in [1.29, 1.82) is 5.26 Å². The van der Waals surface area contributed by atoms with Crippen LogP contribution in [0.4, 0.5) is 4.79 Å². The zero-order valence-corrected chi connectivity index (χ0v) is 18.0. The number of methoxy groups -OCH3 is 1. The lowest BCUT2D eigenvalue weighted by atomic mass is 9.84. The van der Waals surface area contributed by atoms with Gasteiger partial charge in [-0.2, -0.15) is 5.26 Å². The fraction of sp³-hybridized carbons (Fsp3) is 0.333. The minimum absolute atomic E-state index is 0.331. The summed E-state index contributed by atoms with van der Waals surface area (Å²) >= 11 is 0. The molecule has 0 saturated carbocycles. The number of benzene rings is 2. The standard InChI is InChI=1S/C24H27N3O3/c1-15-6-8-16(9-7-15)14-30-19-11-10-17(12-20(19)29-5)21-18(13-25)22(24(2,3)4)27-23(28)26-21/h6-12,21H,14H2,1-5H3,(H2,26,27,28)/t21-/m1/s1. The molecule has 6 nitrogen and oxygen atoms in total. The van der Waals surface area contributed by atoms with Gasteiger partial charge in [0, 0.05) is 11.1 Å². The first kappa shape index (κ1) is 21.3. The summed E-state index contributed by atoms with van der Waals surface area (Å²) in [5.74, 6) is 1.14. The number of hydrogen-bond acceptors (Lipinski definition) is 4. The van der Waals surface area contributed by atoms with Gasteiger partial charge in [-0.1, -0.05) is 56.7 Å². The average Bonchev–Trinajstić information content (AvgIpc) is 2.72. The second-order valence-electron chi connectivity index (χ2n) is 8.37. The molecular formula is C24H27N3O3. The van der Waals surface area contributed by atoms with Crippen molar-refractivity contribution in [2.24, 2.45) is 5.41 Å². The van der Waals surface area contributed by atoms with Crippen LogP contribution >= 0.6 is 0 Å². The van der Waals surface area contributed by atoms with Crippen molar-refractivity contribution in [3.63, 3.8) is 0 Å². The van der Waals surface area contributed by atoms with Gasteiger partial charge in [0.1, 0.15) is 6.61 Å². The highest BCUT2D eigenvalue weighted by Crippen LogP contribution is 2.37. The maximum atomic E-state index is 12.2. The van der Waals surface area contributed by atoms with Crippen LogP contribution in [0.5, 0.6) is 11.5 Å². The number of aryl methyl sites for hydroxylation is 1. The van der Waals surface area contributed by atoms with Crippen LogP contribution in [-0.2, 0) is 6.61 Å². The molecule has 0 radical (unpaired) electrons. The van der Waals surface area contributed by atoms with Gasteiger partial charge >= 0.3 is 6.03 Å². The van der Waals surface area contributed by atoms with E-state index in [2.05, 4.69) is 16.7 Å². The average molecular weight is 405 g/mol. The monoisotopic (exact) mass is 405 g/mol. The number of carbonyl (C=O) groups excluding carboxylic acids is 1. The first-order valence-corrected chi connectivity index (χ1v) is 9.81. The third-order valence-corrected chi connectivity index (χ3v) is 4.98. The van der Waals surface area contributed by atoms with Crippen molar-refractivity contribution in [2.75, 3.05) is 7.11 Å². The Morgan fingerprint density at radius 2 is 1.80 bits per heavy atom. The van der Waals surface area contributed by atoms with Crippen molar-refractivity contribution in [3.8, 4) is 17.6 Å². The van der Waals surface area contributed by atoms with E-state index in [0.717, 1.165) is 11.1 Å². The first-order valence-electron chi connectivity index (χ1n) is 9.81. The molecule has 1 aliphatic heterocycles. The lowest BCUT2D eigenvalue weighted by molar-refractivity contribution is 0.235. The number of nitrogens with zero attached hydrogens (tertiary/aromatic N) is 1. The number of carbonyl (C=O) groups is 1. The number of amides is 2. The van der Waals surface area contributed by atoms with Crippen LogP contribution in [0.25, 0.3) is 0 Å². The minimum Gasteiger partial charge on any atom is -0.493 e. The number of allylic oxidation sites excluding steroid dienone is 1. The molecule has 1 atom stereocenters. The van der Waals surface area contributed by atoms with Crippen LogP contribution in [-0.4, -0.2) is 13.1 Å². The molecule has 1 aliphatic rings. The fourth-order valence-corrected chi connectivity index (χ4v) is 3.35. The molecule has 3 rings (SSSR count). The molecule has 0 fully saturated rings. The van der Waals surface area contributed by atoms with E-state index in [4.69, 9.17) is 9.47 Å². The summed E-state index contributed by atoms with van der Waals surface area (Å²) in [7, 11) is 1.57. The van der Waals surface area contributed by atoms with E-state index in [9.17, 15) is 10.1 Å². The van der Waals surface area contributed by atoms with Gasteiger partial charge < -0.3 is 20.1 Å². The van der Waals surface area contributed by atoms with Gasteiger partial charge in [-0.3, -0.25) is 0 Å². The van der Waals surface area contributed by atoms with E-state index < -0.39 is 6.04 Å². The van der Waals surface area contributed by atoms with E-state index in [-0.39, 0.29) is 11.4 Å². The van der Waals surface area contributed by atoms with Crippen LogP contribution in [0, 0.1) is 23.7 Å². The molecule has 2 amide bonds. The van der Waals surface area contributed by atoms with Crippen molar-refractivity contribution in [3.05, 3.63) is 70.4 Å². The normalized spacial score (nSPS) is 16.4. The van der Waals surface area contributed by atoms with Crippen LogP contribution < -0.4 is 20.1 Å². The molecule has 2 N–H and O–H groups in total. The predicted octanol–water partition coefficient (Wildman–Crippen LogP) is 4.76. The minimum atomic E-state index is -0.557. The van der Waals surface area contributed by atoms with Gasteiger partial charge in [-0.05, 0) is 30.2 Å². The smallest absolute Gasteiger partial charge is 0.319 e. The molecule has 0 aliphatic carbocycles. The quantitative estimate of drug-likeness (QED) is 0.751. The van der Waals surface area contributed by atoms with E-state index in [1.54, 1.807) is 13.2 Å². The summed E-state index contributed by atoms with van der Waals surface area (Å²) < 4.78 is 11.5. The molecule has 30 heavy (non-hydrogen) atoms. The molecule has 1 heterocycles. The largest absolute Gasteiger partial charge is 0.493 e. The second kappa shape index (κ2) is 8.50. The summed E-state index contributed by atoms with van der Waals surface area (Å²) in [6, 6.07) is 15.0.